The van der Waals surface area contributed by atoms with Gasteiger partial charge < -0.3 is 5.73 Å². The molecule has 1 aromatic carbocycles. The minimum Gasteiger partial charge on any atom is -0.382 e. The summed E-state index contributed by atoms with van der Waals surface area (Å²) >= 11 is 0. The maximum atomic E-state index is 5.63. The summed E-state index contributed by atoms with van der Waals surface area (Å²) in [6.45, 7) is 4.89. The molecule has 0 saturated heterocycles. The summed E-state index contributed by atoms with van der Waals surface area (Å²) < 4.78 is 1.92. The molecule has 0 atom stereocenters. The van der Waals surface area contributed by atoms with Crippen molar-refractivity contribution in [3.63, 3.8) is 0 Å². The zero-order valence-electron chi connectivity index (χ0n) is 9.47. The largest absolute Gasteiger partial charge is 0.382 e. The van der Waals surface area contributed by atoms with Crippen molar-refractivity contribution in [1.82, 2.24) is 9.78 Å². The number of nitrogen functional groups attached to an aromatic ring is 1. The predicted octanol–water partition coefficient (Wildman–Crippen LogP) is 2.55. The van der Waals surface area contributed by atoms with Crippen LogP contribution in [0.15, 0.2) is 30.3 Å². The fourth-order valence-electron chi connectivity index (χ4n) is 1.68. The summed E-state index contributed by atoms with van der Waals surface area (Å²) in [7, 11) is 0. The highest BCUT2D eigenvalue weighted by molar-refractivity contribution is 5.85. The number of aromatic nitrogens is 2. The van der Waals surface area contributed by atoms with Gasteiger partial charge in [-0.2, -0.15) is 5.10 Å². The van der Waals surface area contributed by atoms with Crippen LogP contribution in [0.25, 0.3) is 0 Å². The third-order valence-corrected chi connectivity index (χ3v) is 2.41. The van der Waals surface area contributed by atoms with Crippen LogP contribution in [0, 0.1) is 13.8 Å². The van der Waals surface area contributed by atoms with Crippen molar-refractivity contribution in [2.75, 3.05) is 5.73 Å². The number of aryl methyl sites for hydroxylation is 2. The fourth-order valence-corrected chi connectivity index (χ4v) is 1.68. The highest BCUT2D eigenvalue weighted by Gasteiger charge is 2.01. The third-order valence-electron chi connectivity index (χ3n) is 2.41. The summed E-state index contributed by atoms with van der Waals surface area (Å²) in [5.74, 6) is 0.583. The number of nitrogens with two attached hydrogens (primary N) is 1. The Balaban J connectivity index is 0.00000128. The topological polar surface area (TPSA) is 43.8 Å². The first-order chi connectivity index (χ1) is 7.15. The Bertz CT molecular complexity index is 477. The summed E-state index contributed by atoms with van der Waals surface area (Å²) in [6, 6.07) is 10.3. The molecule has 1 aromatic heterocycles. The van der Waals surface area contributed by atoms with Crippen molar-refractivity contribution >= 4 is 18.2 Å². The summed E-state index contributed by atoms with van der Waals surface area (Å²) in [5, 5.41) is 4.23. The van der Waals surface area contributed by atoms with Gasteiger partial charge in [0.05, 0.1) is 6.54 Å². The Morgan fingerprint density at radius 1 is 1.25 bits per heavy atom. The lowest BCUT2D eigenvalue weighted by molar-refractivity contribution is 0.668. The van der Waals surface area contributed by atoms with Gasteiger partial charge in [-0.05, 0) is 19.4 Å². The number of hydrogen-bond acceptors (Lipinski definition) is 2. The molecule has 1 heterocycles. The molecule has 0 fully saturated rings. The van der Waals surface area contributed by atoms with Crippen molar-refractivity contribution in [2.45, 2.75) is 20.4 Å². The minimum atomic E-state index is 0. The van der Waals surface area contributed by atoms with Gasteiger partial charge in [0.2, 0.25) is 0 Å². The summed E-state index contributed by atoms with van der Waals surface area (Å²) in [6.07, 6.45) is 0. The van der Waals surface area contributed by atoms with E-state index in [1.807, 2.05) is 17.7 Å². The van der Waals surface area contributed by atoms with Crippen LogP contribution in [0.4, 0.5) is 5.82 Å². The van der Waals surface area contributed by atoms with Gasteiger partial charge in [0.1, 0.15) is 5.82 Å². The van der Waals surface area contributed by atoms with Crippen molar-refractivity contribution in [1.29, 1.82) is 0 Å². The van der Waals surface area contributed by atoms with Crippen LogP contribution >= 0.6 is 12.4 Å². The Kier molecular flexibility index (Phi) is 3.96. The number of nitrogens with zero attached hydrogens (tertiary/aromatic N) is 2. The van der Waals surface area contributed by atoms with Crippen LogP contribution in [0.3, 0.4) is 0 Å². The highest BCUT2D eigenvalue weighted by Crippen LogP contribution is 2.09. The molecular weight excluding hydrogens is 222 g/mol. The second-order valence-corrected chi connectivity index (χ2v) is 3.86. The Labute approximate surface area is 102 Å². The molecule has 0 saturated carbocycles. The van der Waals surface area contributed by atoms with Gasteiger partial charge in [-0.15, -0.1) is 12.4 Å². The van der Waals surface area contributed by atoms with Crippen molar-refractivity contribution in [3.8, 4) is 0 Å². The van der Waals surface area contributed by atoms with E-state index in [1.54, 1.807) is 0 Å². The second kappa shape index (κ2) is 5.03. The van der Waals surface area contributed by atoms with Crippen molar-refractivity contribution in [2.24, 2.45) is 0 Å². The average molecular weight is 238 g/mol. The van der Waals surface area contributed by atoms with Crippen LogP contribution in [0.2, 0.25) is 0 Å². The summed E-state index contributed by atoms with van der Waals surface area (Å²) in [4.78, 5) is 0. The molecule has 2 rings (SSSR count). The number of benzene rings is 1. The molecular formula is C12H16ClN3. The van der Waals surface area contributed by atoms with Crippen LogP contribution in [-0.2, 0) is 6.54 Å². The Morgan fingerprint density at radius 3 is 2.56 bits per heavy atom. The normalized spacial score (nSPS) is 9.88. The number of rotatable bonds is 2. The fraction of sp³-hybridized carbons (Fsp3) is 0.250. The maximum absolute atomic E-state index is 5.63. The Morgan fingerprint density at radius 2 is 2.00 bits per heavy atom. The molecule has 0 aliphatic rings. The van der Waals surface area contributed by atoms with E-state index in [4.69, 9.17) is 5.73 Å². The molecule has 3 nitrogen and oxygen atoms in total. The molecule has 0 amide bonds. The first kappa shape index (κ1) is 12.6. The molecule has 2 aromatic rings. The molecule has 0 radical (unpaired) electrons. The van der Waals surface area contributed by atoms with Crippen molar-refractivity contribution < 1.29 is 0 Å². The van der Waals surface area contributed by atoms with E-state index in [-0.39, 0.29) is 12.4 Å². The smallest absolute Gasteiger partial charge is 0.145 e. The summed E-state index contributed by atoms with van der Waals surface area (Å²) in [5.41, 5.74) is 9.24. The van der Waals surface area contributed by atoms with Crippen molar-refractivity contribution in [3.05, 3.63) is 47.2 Å². The van der Waals surface area contributed by atoms with E-state index < -0.39 is 0 Å². The SMILES string of the molecule is Cc1cccc(Cn2nc(N)cc2C)c1.Cl. The van der Waals surface area contributed by atoms with Crippen LogP contribution in [0.1, 0.15) is 16.8 Å². The monoisotopic (exact) mass is 237 g/mol. The van der Waals surface area contributed by atoms with Crippen LogP contribution in [0.5, 0.6) is 0 Å². The lowest BCUT2D eigenvalue weighted by atomic mass is 10.1. The molecule has 0 bridgehead atoms. The molecule has 86 valence electrons. The molecule has 0 spiro atoms. The Hall–Kier alpha value is -1.48. The minimum absolute atomic E-state index is 0. The second-order valence-electron chi connectivity index (χ2n) is 3.86. The van der Waals surface area contributed by atoms with Gasteiger partial charge in [-0.1, -0.05) is 29.8 Å². The molecule has 0 unspecified atom stereocenters. The van der Waals surface area contributed by atoms with Gasteiger partial charge in [-0.25, -0.2) is 0 Å². The number of hydrogen-bond donors (Lipinski definition) is 1. The lowest BCUT2D eigenvalue weighted by Crippen LogP contribution is -2.04. The van der Waals surface area contributed by atoms with Gasteiger partial charge in [0.25, 0.3) is 0 Å². The van der Waals surface area contributed by atoms with Gasteiger partial charge in [-0.3, -0.25) is 4.68 Å². The number of anilines is 1. The first-order valence-corrected chi connectivity index (χ1v) is 5.00. The number of halogens is 1. The quantitative estimate of drug-likeness (QED) is 0.873. The standard InChI is InChI=1S/C12H15N3.ClH/c1-9-4-3-5-11(6-9)8-15-10(2)7-12(13)14-15;/h3-7H,8H2,1-2H3,(H2,13,14);1H. The van der Waals surface area contributed by atoms with E-state index >= 15 is 0 Å². The highest BCUT2D eigenvalue weighted by atomic mass is 35.5. The van der Waals surface area contributed by atoms with E-state index in [1.165, 1.54) is 11.1 Å². The average Bonchev–Trinajstić information content (AvgIpc) is 2.45. The first-order valence-electron chi connectivity index (χ1n) is 5.00. The van der Waals surface area contributed by atoms with E-state index in [9.17, 15) is 0 Å². The lowest BCUT2D eigenvalue weighted by Gasteiger charge is -2.04. The zero-order valence-corrected chi connectivity index (χ0v) is 10.3. The third kappa shape index (κ3) is 2.76. The van der Waals surface area contributed by atoms with Gasteiger partial charge in [0, 0.05) is 11.8 Å². The zero-order chi connectivity index (χ0) is 10.8. The van der Waals surface area contributed by atoms with E-state index in [0.717, 1.165) is 12.2 Å². The van der Waals surface area contributed by atoms with Gasteiger partial charge in [0.15, 0.2) is 0 Å². The molecule has 4 heteroatoms. The molecule has 16 heavy (non-hydrogen) atoms. The van der Waals surface area contributed by atoms with E-state index in [2.05, 4.69) is 36.3 Å². The van der Waals surface area contributed by atoms with Gasteiger partial charge >= 0.3 is 0 Å². The predicted molar refractivity (Wildman–Crippen MR) is 68.9 cm³/mol. The molecule has 0 aliphatic carbocycles. The van der Waals surface area contributed by atoms with Crippen LogP contribution < -0.4 is 5.73 Å². The molecule has 2 N–H and O–H groups in total. The maximum Gasteiger partial charge on any atom is 0.145 e. The van der Waals surface area contributed by atoms with E-state index in [0.29, 0.717) is 5.82 Å². The van der Waals surface area contributed by atoms with Crippen LogP contribution in [-0.4, -0.2) is 9.78 Å². The molecule has 0 aliphatic heterocycles.